The van der Waals surface area contributed by atoms with Gasteiger partial charge >= 0.3 is 0 Å². The van der Waals surface area contributed by atoms with Crippen LogP contribution in [0.2, 0.25) is 0 Å². The zero-order valence-electron chi connectivity index (χ0n) is 6.60. The Labute approximate surface area is 65.0 Å². The molecule has 0 spiro atoms. The van der Waals surface area contributed by atoms with Crippen molar-refractivity contribution < 1.29 is 9.13 Å². The van der Waals surface area contributed by atoms with Crippen molar-refractivity contribution >= 4 is 0 Å². The van der Waals surface area contributed by atoms with Gasteiger partial charge < -0.3 is 4.74 Å². The number of ether oxygens (including phenoxy) is 1. The Hall–Kier alpha value is -1.12. The van der Waals surface area contributed by atoms with Crippen molar-refractivity contribution in [2.24, 2.45) is 0 Å². The summed E-state index contributed by atoms with van der Waals surface area (Å²) in [5, 5.41) is 0. The van der Waals surface area contributed by atoms with Crippen molar-refractivity contribution in [1.29, 1.82) is 0 Å². The lowest BCUT2D eigenvalue weighted by Gasteiger charge is -2.00. The fourth-order valence-electron chi connectivity index (χ4n) is 0.813. The number of hydrogen-bond acceptors (Lipinski definition) is 2. The minimum Gasteiger partial charge on any atom is -0.481 e. The van der Waals surface area contributed by atoms with Gasteiger partial charge in [0, 0.05) is 17.8 Å². The second-order valence-corrected chi connectivity index (χ2v) is 2.17. The maximum atomic E-state index is 12.9. The average molecular weight is 155 g/mol. The predicted molar refractivity (Wildman–Crippen MR) is 40.1 cm³/mol. The van der Waals surface area contributed by atoms with Crippen LogP contribution in [-0.2, 0) is 6.42 Å². The smallest absolute Gasteiger partial charge is 0.215 e. The van der Waals surface area contributed by atoms with Gasteiger partial charge in [0.15, 0.2) is 0 Å². The molecule has 0 saturated carbocycles. The Morgan fingerprint density at radius 2 is 2.36 bits per heavy atom. The molecule has 0 aromatic carbocycles. The molecule has 0 radical (unpaired) electrons. The van der Waals surface area contributed by atoms with E-state index >= 15 is 0 Å². The van der Waals surface area contributed by atoms with Gasteiger partial charge in [-0.2, -0.15) is 0 Å². The number of pyridine rings is 1. The summed E-state index contributed by atoms with van der Waals surface area (Å²) in [4.78, 5) is 3.87. The van der Waals surface area contributed by atoms with Gasteiger partial charge in [0.1, 0.15) is 5.82 Å². The van der Waals surface area contributed by atoms with Gasteiger partial charge in [-0.25, -0.2) is 9.37 Å². The van der Waals surface area contributed by atoms with Gasteiger partial charge in [-0.3, -0.25) is 0 Å². The highest BCUT2D eigenvalue weighted by molar-refractivity contribution is 5.19. The van der Waals surface area contributed by atoms with E-state index in [-0.39, 0.29) is 5.82 Å². The lowest BCUT2D eigenvalue weighted by Crippen LogP contribution is -1.93. The van der Waals surface area contributed by atoms with Crippen LogP contribution in [0.5, 0.6) is 5.88 Å². The third-order valence-corrected chi connectivity index (χ3v) is 1.49. The van der Waals surface area contributed by atoms with E-state index in [0.29, 0.717) is 17.9 Å². The SMILES string of the molecule is CCc1cnc(OC)cc1F. The average Bonchev–Trinajstić information content (AvgIpc) is 2.04. The lowest BCUT2D eigenvalue weighted by molar-refractivity contribution is 0.393. The zero-order chi connectivity index (χ0) is 8.27. The van der Waals surface area contributed by atoms with Crippen molar-refractivity contribution in [2.45, 2.75) is 13.3 Å². The molecule has 0 aliphatic heterocycles. The van der Waals surface area contributed by atoms with E-state index < -0.39 is 0 Å². The summed E-state index contributed by atoms with van der Waals surface area (Å²) in [7, 11) is 1.47. The van der Waals surface area contributed by atoms with Crippen LogP contribution >= 0.6 is 0 Å². The van der Waals surface area contributed by atoms with Gasteiger partial charge in [-0.1, -0.05) is 6.92 Å². The molecule has 2 nitrogen and oxygen atoms in total. The monoisotopic (exact) mass is 155 g/mol. The van der Waals surface area contributed by atoms with E-state index in [4.69, 9.17) is 4.74 Å². The van der Waals surface area contributed by atoms with Crippen molar-refractivity contribution in [3.05, 3.63) is 23.6 Å². The van der Waals surface area contributed by atoms with Crippen LogP contribution in [0.25, 0.3) is 0 Å². The molecule has 0 saturated heterocycles. The van der Waals surface area contributed by atoms with Crippen LogP contribution in [-0.4, -0.2) is 12.1 Å². The summed E-state index contributed by atoms with van der Waals surface area (Å²) in [6.07, 6.45) is 2.15. The molecule has 0 amide bonds. The highest BCUT2D eigenvalue weighted by Crippen LogP contribution is 2.12. The molecule has 1 heterocycles. The van der Waals surface area contributed by atoms with Crippen LogP contribution in [0, 0.1) is 5.82 Å². The van der Waals surface area contributed by atoms with Gasteiger partial charge in [0.25, 0.3) is 0 Å². The van der Waals surface area contributed by atoms with Gasteiger partial charge in [0.05, 0.1) is 7.11 Å². The third kappa shape index (κ3) is 1.67. The number of rotatable bonds is 2. The highest BCUT2D eigenvalue weighted by Gasteiger charge is 2.01. The van der Waals surface area contributed by atoms with Gasteiger partial charge in [-0.05, 0) is 6.42 Å². The molecule has 1 rings (SSSR count). The first-order valence-electron chi connectivity index (χ1n) is 3.46. The molecule has 0 bridgehead atoms. The first kappa shape index (κ1) is 7.98. The molecule has 0 aliphatic rings. The fraction of sp³-hybridized carbons (Fsp3) is 0.375. The van der Waals surface area contributed by atoms with E-state index in [1.165, 1.54) is 19.4 Å². The summed E-state index contributed by atoms with van der Waals surface area (Å²) in [5.74, 6) is 0.0686. The zero-order valence-corrected chi connectivity index (χ0v) is 6.60. The third-order valence-electron chi connectivity index (χ3n) is 1.49. The molecule has 1 aromatic heterocycles. The van der Waals surface area contributed by atoms with Gasteiger partial charge in [0.2, 0.25) is 5.88 Å². The Balaban J connectivity index is 2.99. The van der Waals surface area contributed by atoms with Crippen LogP contribution in [0.4, 0.5) is 4.39 Å². The van der Waals surface area contributed by atoms with Crippen molar-refractivity contribution in [2.75, 3.05) is 7.11 Å². The Morgan fingerprint density at radius 1 is 1.64 bits per heavy atom. The molecule has 3 heteroatoms. The summed E-state index contributed by atoms with van der Waals surface area (Å²) in [6, 6.07) is 1.29. The first-order valence-corrected chi connectivity index (χ1v) is 3.46. The summed E-state index contributed by atoms with van der Waals surface area (Å²) < 4.78 is 17.7. The Morgan fingerprint density at radius 3 is 2.82 bits per heavy atom. The summed E-state index contributed by atoms with van der Waals surface area (Å²) >= 11 is 0. The van der Waals surface area contributed by atoms with E-state index in [0.717, 1.165) is 0 Å². The van der Waals surface area contributed by atoms with Crippen LogP contribution in [0.1, 0.15) is 12.5 Å². The predicted octanol–water partition coefficient (Wildman–Crippen LogP) is 1.79. The second kappa shape index (κ2) is 3.32. The number of halogens is 1. The van der Waals surface area contributed by atoms with E-state index in [1.54, 1.807) is 0 Å². The standard InChI is InChI=1S/C8H10FNO/c1-3-6-5-10-8(11-2)4-7(6)9/h4-5H,3H2,1-2H3. The molecular formula is C8H10FNO. The molecule has 1 aromatic rings. The van der Waals surface area contributed by atoms with Crippen molar-refractivity contribution in [3.63, 3.8) is 0 Å². The molecule has 0 N–H and O–H groups in total. The van der Waals surface area contributed by atoms with Crippen LogP contribution < -0.4 is 4.74 Å². The van der Waals surface area contributed by atoms with Gasteiger partial charge in [-0.15, -0.1) is 0 Å². The van der Waals surface area contributed by atoms with E-state index in [1.807, 2.05) is 6.92 Å². The highest BCUT2D eigenvalue weighted by atomic mass is 19.1. The summed E-state index contributed by atoms with van der Waals surface area (Å²) in [6.45, 7) is 1.88. The number of aromatic nitrogens is 1. The Bertz CT molecular complexity index is 250. The molecule has 11 heavy (non-hydrogen) atoms. The first-order chi connectivity index (χ1) is 5.27. The summed E-state index contributed by atoms with van der Waals surface area (Å²) in [5.41, 5.74) is 0.616. The maximum Gasteiger partial charge on any atom is 0.215 e. The van der Waals surface area contributed by atoms with E-state index in [2.05, 4.69) is 4.98 Å². The number of nitrogens with zero attached hydrogens (tertiary/aromatic N) is 1. The molecule has 60 valence electrons. The Kier molecular flexibility index (Phi) is 2.41. The number of hydrogen-bond donors (Lipinski definition) is 0. The quantitative estimate of drug-likeness (QED) is 0.649. The van der Waals surface area contributed by atoms with Crippen LogP contribution in [0.3, 0.4) is 0 Å². The van der Waals surface area contributed by atoms with Crippen molar-refractivity contribution in [1.82, 2.24) is 4.98 Å². The molecule has 0 aliphatic carbocycles. The van der Waals surface area contributed by atoms with E-state index in [9.17, 15) is 4.39 Å². The fourth-order valence-corrected chi connectivity index (χ4v) is 0.813. The topological polar surface area (TPSA) is 22.1 Å². The normalized spacial score (nSPS) is 9.73. The minimum atomic E-state index is -0.251. The minimum absolute atomic E-state index is 0.251. The van der Waals surface area contributed by atoms with Crippen molar-refractivity contribution in [3.8, 4) is 5.88 Å². The molecule has 0 unspecified atom stereocenters. The largest absolute Gasteiger partial charge is 0.481 e. The number of methoxy groups -OCH3 is 1. The molecule has 0 atom stereocenters. The molecule has 0 fully saturated rings. The number of aryl methyl sites for hydroxylation is 1. The van der Waals surface area contributed by atoms with Crippen LogP contribution in [0.15, 0.2) is 12.3 Å². The molecular weight excluding hydrogens is 145 g/mol. The maximum absolute atomic E-state index is 12.9. The second-order valence-electron chi connectivity index (χ2n) is 2.17. The lowest BCUT2D eigenvalue weighted by atomic mass is 10.2.